The third-order valence-corrected chi connectivity index (χ3v) is 7.56. The van der Waals surface area contributed by atoms with Crippen LogP contribution in [0.5, 0.6) is 5.75 Å². The van der Waals surface area contributed by atoms with Gasteiger partial charge < -0.3 is 20.1 Å². The quantitative estimate of drug-likeness (QED) is 0.159. The van der Waals surface area contributed by atoms with Crippen LogP contribution >= 0.6 is 58.0 Å². The summed E-state index contributed by atoms with van der Waals surface area (Å²) in [6.45, 7) is 8.76. The second-order valence-electron chi connectivity index (χ2n) is 10.1. The van der Waals surface area contributed by atoms with Crippen LogP contribution in [0.1, 0.15) is 53.9 Å². The van der Waals surface area contributed by atoms with E-state index in [2.05, 4.69) is 10.6 Å². The average Bonchev–Trinajstić information content (AvgIpc) is 3.31. The van der Waals surface area contributed by atoms with E-state index >= 15 is 0 Å². The summed E-state index contributed by atoms with van der Waals surface area (Å²) in [5.74, 6) is -2.30. The molecule has 0 spiro atoms. The molecule has 2 atom stereocenters. The standard InChI is InChI=1S/C24H30Cl5N3O6/c1-11(2)9-12(31-22(35)13-7-6-8-32(13)23(36)38-24(3,4)5)21(34)30-10-14(33)37-20-18(28)16(26)15(25)17(27)19(20)29/h11-13H,6-10H2,1-5H3,(H,30,34)(H,31,35). The van der Waals surface area contributed by atoms with Crippen molar-refractivity contribution in [2.75, 3.05) is 13.1 Å². The third kappa shape index (κ3) is 8.68. The minimum Gasteiger partial charge on any atom is -0.444 e. The Bertz CT molecular complexity index is 1060. The summed E-state index contributed by atoms with van der Waals surface area (Å²) in [7, 11) is 0. The number of benzene rings is 1. The van der Waals surface area contributed by atoms with Crippen molar-refractivity contribution in [2.24, 2.45) is 5.92 Å². The molecule has 1 aromatic rings. The van der Waals surface area contributed by atoms with E-state index < -0.39 is 48.1 Å². The Hall–Kier alpha value is -1.65. The predicted molar refractivity (Wildman–Crippen MR) is 147 cm³/mol. The monoisotopic (exact) mass is 631 g/mol. The van der Waals surface area contributed by atoms with Crippen LogP contribution in [0.15, 0.2) is 0 Å². The molecule has 1 heterocycles. The minimum atomic E-state index is -0.969. The fourth-order valence-corrected chi connectivity index (χ4v) is 4.85. The Labute approximate surface area is 246 Å². The molecule has 1 fully saturated rings. The lowest BCUT2D eigenvalue weighted by Crippen LogP contribution is -2.54. The summed E-state index contributed by atoms with van der Waals surface area (Å²) >= 11 is 30.0. The SMILES string of the molecule is CC(C)CC(NC(=O)C1CCCN1C(=O)OC(C)(C)C)C(=O)NCC(=O)Oc1c(Cl)c(Cl)c(Cl)c(Cl)c1Cl. The van der Waals surface area contributed by atoms with Gasteiger partial charge in [-0.2, -0.15) is 0 Å². The van der Waals surface area contributed by atoms with Crippen molar-refractivity contribution >= 4 is 81.9 Å². The molecule has 0 aromatic heterocycles. The Morgan fingerprint density at radius 3 is 2.05 bits per heavy atom. The van der Waals surface area contributed by atoms with Crippen molar-refractivity contribution in [2.45, 2.75) is 71.6 Å². The van der Waals surface area contributed by atoms with Gasteiger partial charge in [-0.25, -0.2) is 9.59 Å². The zero-order chi connectivity index (χ0) is 28.9. The van der Waals surface area contributed by atoms with E-state index in [1.807, 2.05) is 13.8 Å². The number of nitrogens with zero attached hydrogens (tertiary/aromatic N) is 1. The van der Waals surface area contributed by atoms with Gasteiger partial charge in [0.25, 0.3) is 0 Å². The van der Waals surface area contributed by atoms with E-state index in [0.29, 0.717) is 19.4 Å². The fourth-order valence-electron chi connectivity index (χ4n) is 3.66. The van der Waals surface area contributed by atoms with Crippen LogP contribution in [0.25, 0.3) is 0 Å². The summed E-state index contributed by atoms with van der Waals surface area (Å²) in [4.78, 5) is 52.3. The number of esters is 1. The van der Waals surface area contributed by atoms with Crippen LogP contribution in [0, 0.1) is 5.92 Å². The predicted octanol–water partition coefficient (Wildman–Crippen LogP) is 5.91. The van der Waals surface area contributed by atoms with E-state index in [1.165, 1.54) is 4.90 Å². The van der Waals surface area contributed by atoms with E-state index in [-0.39, 0.29) is 43.2 Å². The van der Waals surface area contributed by atoms with Crippen molar-refractivity contribution in [1.82, 2.24) is 15.5 Å². The molecule has 0 aliphatic carbocycles. The van der Waals surface area contributed by atoms with Gasteiger partial charge in [0.15, 0.2) is 5.75 Å². The molecule has 1 aliphatic rings. The molecule has 3 amide bonds. The van der Waals surface area contributed by atoms with Gasteiger partial charge in [-0.15, -0.1) is 0 Å². The number of halogens is 5. The first kappa shape index (κ1) is 32.6. The van der Waals surface area contributed by atoms with Gasteiger partial charge in [0.1, 0.15) is 34.3 Å². The highest BCUT2D eigenvalue weighted by molar-refractivity contribution is 6.55. The molecule has 2 N–H and O–H groups in total. The molecule has 14 heteroatoms. The molecular formula is C24H30Cl5N3O6. The zero-order valence-corrected chi connectivity index (χ0v) is 25.3. The number of nitrogens with one attached hydrogen (secondary N) is 2. The van der Waals surface area contributed by atoms with Crippen molar-refractivity contribution in [1.29, 1.82) is 0 Å². The summed E-state index contributed by atoms with van der Waals surface area (Å²) in [5.41, 5.74) is -0.716. The lowest BCUT2D eigenvalue weighted by molar-refractivity contribution is -0.136. The lowest BCUT2D eigenvalue weighted by Gasteiger charge is -2.29. The summed E-state index contributed by atoms with van der Waals surface area (Å²) in [6.07, 6.45) is 0.739. The number of carbonyl (C=O) groups is 4. The second kappa shape index (κ2) is 13.6. The number of carbonyl (C=O) groups excluding carboxylic acids is 4. The molecule has 0 saturated carbocycles. The van der Waals surface area contributed by atoms with Crippen LogP contribution in [0.4, 0.5) is 4.79 Å². The second-order valence-corrected chi connectivity index (χ2v) is 12.0. The number of ether oxygens (including phenoxy) is 2. The van der Waals surface area contributed by atoms with Gasteiger partial charge in [-0.05, 0) is 46.0 Å². The fraction of sp³-hybridized carbons (Fsp3) is 0.583. The van der Waals surface area contributed by atoms with Crippen molar-refractivity contribution < 1.29 is 28.7 Å². The van der Waals surface area contributed by atoms with Crippen LogP contribution < -0.4 is 15.4 Å². The van der Waals surface area contributed by atoms with Gasteiger partial charge in [-0.1, -0.05) is 71.9 Å². The van der Waals surface area contributed by atoms with Gasteiger partial charge >= 0.3 is 12.1 Å². The van der Waals surface area contributed by atoms with Gasteiger partial charge in [-0.3, -0.25) is 14.5 Å². The Kier molecular flexibility index (Phi) is 11.7. The number of hydrogen-bond donors (Lipinski definition) is 2. The smallest absolute Gasteiger partial charge is 0.410 e. The average molecular weight is 634 g/mol. The first-order chi connectivity index (χ1) is 17.5. The summed E-state index contributed by atoms with van der Waals surface area (Å²) in [5, 5.41) is 4.30. The maximum Gasteiger partial charge on any atom is 0.410 e. The molecule has 1 aromatic carbocycles. The summed E-state index contributed by atoms with van der Waals surface area (Å²) < 4.78 is 10.6. The maximum absolute atomic E-state index is 13.1. The first-order valence-corrected chi connectivity index (χ1v) is 13.7. The zero-order valence-electron chi connectivity index (χ0n) is 21.6. The van der Waals surface area contributed by atoms with E-state index in [0.717, 1.165) is 0 Å². The molecule has 2 rings (SSSR count). The number of amides is 3. The van der Waals surface area contributed by atoms with Gasteiger partial charge in [0.2, 0.25) is 11.8 Å². The number of rotatable bonds is 8. The molecule has 1 saturated heterocycles. The van der Waals surface area contributed by atoms with Crippen LogP contribution in [0.3, 0.4) is 0 Å². The normalized spacial score (nSPS) is 16.3. The largest absolute Gasteiger partial charge is 0.444 e. The number of likely N-dealkylation sites (tertiary alicyclic amines) is 1. The molecule has 9 nitrogen and oxygen atoms in total. The van der Waals surface area contributed by atoms with E-state index in [1.54, 1.807) is 20.8 Å². The lowest BCUT2D eigenvalue weighted by atomic mass is 10.0. The minimum absolute atomic E-state index is 0.0273. The Balaban J connectivity index is 2.06. The highest BCUT2D eigenvalue weighted by Crippen LogP contribution is 2.48. The highest BCUT2D eigenvalue weighted by atomic mass is 35.5. The Morgan fingerprint density at radius 1 is 0.974 bits per heavy atom. The maximum atomic E-state index is 13.1. The van der Waals surface area contributed by atoms with Crippen LogP contribution in [-0.4, -0.2) is 59.6 Å². The highest BCUT2D eigenvalue weighted by Gasteiger charge is 2.38. The first-order valence-electron chi connectivity index (χ1n) is 11.8. The van der Waals surface area contributed by atoms with E-state index in [4.69, 9.17) is 67.5 Å². The molecule has 1 aliphatic heterocycles. The van der Waals surface area contributed by atoms with Gasteiger partial charge in [0.05, 0.1) is 15.1 Å². The van der Waals surface area contributed by atoms with Crippen molar-refractivity contribution in [3.8, 4) is 5.75 Å². The number of hydrogen-bond acceptors (Lipinski definition) is 6. The molecule has 0 radical (unpaired) electrons. The van der Waals surface area contributed by atoms with E-state index in [9.17, 15) is 19.2 Å². The van der Waals surface area contributed by atoms with Crippen LogP contribution in [0.2, 0.25) is 25.1 Å². The Morgan fingerprint density at radius 2 is 1.53 bits per heavy atom. The van der Waals surface area contributed by atoms with Gasteiger partial charge in [0, 0.05) is 6.54 Å². The van der Waals surface area contributed by atoms with Crippen molar-refractivity contribution in [3.05, 3.63) is 25.1 Å². The third-order valence-electron chi connectivity index (χ3n) is 5.32. The molecule has 0 bridgehead atoms. The topological polar surface area (TPSA) is 114 Å². The molecular weight excluding hydrogens is 604 g/mol. The molecule has 38 heavy (non-hydrogen) atoms. The molecule has 2 unspecified atom stereocenters. The molecule has 212 valence electrons. The van der Waals surface area contributed by atoms with Crippen LogP contribution in [-0.2, 0) is 19.1 Å². The summed E-state index contributed by atoms with van der Waals surface area (Å²) in [6, 6.07) is -1.75. The van der Waals surface area contributed by atoms with Crippen molar-refractivity contribution in [3.63, 3.8) is 0 Å².